The van der Waals surface area contributed by atoms with Crippen LogP contribution in [0.3, 0.4) is 0 Å². The SMILES string of the molecule is Cc1cc(CN2CCC(CNC(=O)c3cc(-c4ccco4)on3)CC2)c(C)o1. The van der Waals surface area contributed by atoms with E-state index in [1.807, 2.05) is 13.8 Å². The molecule has 0 bridgehead atoms. The van der Waals surface area contributed by atoms with Crippen LogP contribution in [0.2, 0.25) is 0 Å². The molecule has 3 aromatic heterocycles. The van der Waals surface area contributed by atoms with Crippen molar-refractivity contribution in [2.75, 3.05) is 19.6 Å². The fourth-order valence-electron chi connectivity index (χ4n) is 3.67. The van der Waals surface area contributed by atoms with Crippen molar-refractivity contribution in [3.05, 3.63) is 53.3 Å². The van der Waals surface area contributed by atoms with Crippen LogP contribution in [0.1, 0.15) is 40.4 Å². The first-order valence-corrected chi connectivity index (χ1v) is 9.65. The van der Waals surface area contributed by atoms with Crippen LogP contribution < -0.4 is 5.32 Å². The molecule has 1 amide bonds. The highest BCUT2D eigenvalue weighted by Gasteiger charge is 2.22. The maximum atomic E-state index is 12.3. The normalized spacial score (nSPS) is 15.8. The van der Waals surface area contributed by atoms with Gasteiger partial charge in [-0.3, -0.25) is 9.69 Å². The van der Waals surface area contributed by atoms with Gasteiger partial charge in [0.15, 0.2) is 11.5 Å². The number of aryl methyl sites for hydroxylation is 2. The van der Waals surface area contributed by atoms with Gasteiger partial charge in [0.25, 0.3) is 5.91 Å². The summed E-state index contributed by atoms with van der Waals surface area (Å²) < 4.78 is 16.1. The van der Waals surface area contributed by atoms with Gasteiger partial charge in [-0.05, 0) is 63.9 Å². The van der Waals surface area contributed by atoms with Crippen LogP contribution in [-0.4, -0.2) is 35.6 Å². The topological polar surface area (TPSA) is 84.7 Å². The zero-order chi connectivity index (χ0) is 19.5. The van der Waals surface area contributed by atoms with Gasteiger partial charge in [0.2, 0.25) is 5.76 Å². The fraction of sp³-hybridized carbons (Fsp3) is 0.429. The van der Waals surface area contributed by atoms with Crippen LogP contribution in [0.4, 0.5) is 0 Å². The second-order valence-corrected chi connectivity index (χ2v) is 7.42. The molecule has 4 heterocycles. The van der Waals surface area contributed by atoms with Crippen molar-refractivity contribution in [3.8, 4) is 11.5 Å². The van der Waals surface area contributed by atoms with Crippen molar-refractivity contribution in [1.82, 2.24) is 15.4 Å². The molecule has 1 aliphatic rings. The van der Waals surface area contributed by atoms with Crippen LogP contribution >= 0.6 is 0 Å². The Morgan fingerprint density at radius 2 is 2.07 bits per heavy atom. The molecule has 1 N–H and O–H groups in total. The predicted molar refractivity (Wildman–Crippen MR) is 103 cm³/mol. The summed E-state index contributed by atoms with van der Waals surface area (Å²) in [6.45, 7) is 7.63. The van der Waals surface area contributed by atoms with Gasteiger partial charge in [-0.15, -0.1) is 0 Å². The second-order valence-electron chi connectivity index (χ2n) is 7.42. The Balaban J connectivity index is 1.23. The molecule has 7 nitrogen and oxygen atoms in total. The minimum Gasteiger partial charge on any atom is -0.466 e. The van der Waals surface area contributed by atoms with Crippen LogP contribution in [0, 0.1) is 19.8 Å². The molecule has 0 unspecified atom stereocenters. The highest BCUT2D eigenvalue weighted by molar-refractivity contribution is 5.92. The van der Waals surface area contributed by atoms with Gasteiger partial charge in [0.1, 0.15) is 11.5 Å². The molecular weight excluding hydrogens is 358 g/mol. The Hall–Kier alpha value is -2.80. The van der Waals surface area contributed by atoms with E-state index in [0.29, 0.717) is 24.0 Å². The number of amides is 1. The highest BCUT2D eigenvalue weighted by Crippen LogP contribution is 2.22. The molecule has 3 aromatic rings. The van der Waals surface area contributed by atoms with Crippen LogP contribution in [0.25, 0.3) is 11.5 Å². The quantitative estimate of drug-likeness (QED) is 0.697. The number of furan rings is 2. The number of likely N-dealkylation sites (tertiary alicyclic amines) is 1. The van der Waals surface area contributed by atoms with Gasteiger partial charge in [-0.1, -0.05) is 5.16 Å². The summed E-state index contributed by atoms with van der Waals surface area (Å²) in [6.07, 6.45) is 3.68. The van der Waals surface area contributed by atoms with Crippen molar-refractivity contribution < 1.29 is 18.2 Å². The Morgan fingerprint density at radius 3 is 2.75 bits per heavy atom. The summed E-state index contributed by atoms with van der Waals surface area (Å²) in [5.41, 5.74) is 1.54. The zero-order valence-electron chi connectivity index (χ0n) is 16.2. The Bertz CT molecular complexity index is 918. The second kappa shape index (κ2) is 8.06. The average molecular weight is 383 g/mol. The maximum Gasteiger partial charge on any atom is 0.273 e. The molecule has 0 aromatic carbocycles. The number of nitrogens with one attached hydrogen (secondary N) is 1. The lowest BCUT2D eigenvalue weighted by atomic mass is 9.96. The molecule has 0 aliphatic carbocycles. The lowest BCUT2D eigenvalue weighted by Gasteiger charge is -2.31. The molecule has 0 radical (unpaired) electrons. The molecule has 4 rings (SSSR count). The monoisotopic (exact) mass is 383 g/mol. The van der Waals surface area contributed by atoms with Crippen molar-refractivity contribution in [3.63, 3.8) is 0 Å². The molecule has 0 spiro atoms. The predicted octanol–water partition coefficient (Wildman–Crippen LogP) is 3.79. The minimum absolute atomic E-state index is 0.214. The smallest absolute Gasteiger partial charge is 0.273 e. The van der Waals surface area contributed by atoms with Crippen molar-refractivity contribution in [2.24, 2.45) is 5.92 Å². The third-order valence-electron chi connectivity index (χ3n) is 5.30. The Labute approximate surface area is 163 Å². The minimum atomic E-state index is -0.214. The first-order valence-electron chi connectivity index (χ1n) is 9.65. The number of aromatic nitrogens is 1. The number of nitrogens with zero attached hydrogens (tertiary/aromatic N) is 2. The van der Waals surface area contributed by atoms with Crippen molar-refractivity contribution in [1.29, 1.82) is 0 Å². The summed E-state index contributed by atoms with van der Waals surface area (Å²) in [6, 6.07) is 7.25. The number of piperidine rings is 1. The van der Waals surface area contributed by atoms with Crippen molar-refractivity contribution in [2.45, 2.75) is 33.2 Å². The van der Waals surface area contributed by atoms with Crippen molar-refractivity contribution >= 4 is 5.91 Å². The molecule has 28 heavy (non-hydrogen) atoms. The molecular formula is C21H25N3O4. The van der Waals surface area contributed by atoms with Crippen LogP contribution in [0.5, 0.6) is 0 Å². The average Bonchev–Trinajstić information content (AvgIpc) is 3.42. The van der Waals surface area contributed by atoms with Crippen LogP contribution in [-0.2, 0) is 6.54 Å². The van der Waals surface area contributed by atoms with E-state index in [0.717, 1.165) is 44.0 Å². The van der Waals surface area contributed by atoms with Gasteiger partial charge < -0.3 is 18.7 Å². The summed E-state index contributed by atoms with van der Waals surface area (Å²) in [5.74, 6) is 3.24. The third-order valence-corrected chi connectivity index (χ3v) is 5.30. The number of carbonyl (C=O) groups excluding carboxylic acids is 1. The lowest BCUT2D eigenvalue weighted by Crippen LogP contribution is -2.38. The van der Waals surface area contributed by atoms with Crippen LogP contribution in [0.15, 0.2) is 43.9 Å². The van der Waals surface area contributed by atoms with E-state index in [2.05, 4.69) is 21.4 Å². The summed E-state index contributed by atoms with van der Waals surface area (Å²) in [7, 11) is 0. The van der Waals surface area contributed by atoms with Gasteiger partial charge in [0, 0.05) is 24.7 Å². The molecule has 7 heteroatoms. The van der Waals surface area contributed by atoms with Gasteiger partial charge >= 0.3 is 0 Å². The maximum absolute atomic E-state index is 12.3. The fourth-order valence-corrected chi connectivity index (χ4v) is 3.67. The molecule has 1 saturated heterocycles. The Kier molecular flexibility index (Phi) is 5.34. The lowest BCUT2D eigenvalue weighted by molar-refractivity contribution is 0.0926. The zero-order valence-corrected chi connectivity index (χ0v) is 16.2. The molecule has 148 valence electrons. The number of carbonyl (C=O) groups is 1. The Morgan fingerprint density at radius 1 is 1.25 bits per heavy atom. The van der Waals surface area contributed by atoms with E-state index >= 15 is 0 Å². The summed E-state index contributed by atoms with van der Waals surface area (Å²) >= 11 is 0. The summed E-state index contributed by atoms with van der Waals surface area (Å²) in [5, 5.41) is 6.82. The van der Waals surface area contributed by atoms with Gasteiger partial charge in [-0.25, -0.2) is 0 Å². The van der Waals surface area contributed by atoms with E-state index in [1.54, 1.807) is 24.5 Å². The molecule has 0 saturated carbocycles. The van der Waals surface area contributed by atoms with E-state index < -0.39 is 0 Å². The third kappa shape index (κ3) is 4.20. The largest absolute Gasteiger partial charge is 0.466 e. The highest BCUT2D eigenvalue weighted by atomic mass is 16.5. The number of hydrogen-bond acceptors (Lipinski definition) is 6. The van der Waals surface area contributed by atoms with Gasteiger partial charge in [0.05, 0.1) is 6.26 Å². The first-order chi connectivity index (χ1) is 13.6. The standard InChI is InChI=1S/C21H25N3O4/c1-14-10-17(15(2)27-14)13-24-7-5-16(6-8-24)12-22-21(25)18-11-20(28-23-18)19-4-3-9-26-19/h3-4,9-11,16H,5-8,12-13H2,1-2H3,(H,22,25). The number of rotatable bonds is 6. The van der Waals surface area contributed by atoms with E-state index in [4.69, 9.17) is 13.4 Å². The van der Waals surface area contributed by atoms with E-state index in [1.165, 1.54) is 5.56 Å². The summed E-state index contributed by atoms with van der Waals surface area (Å²) in [4.78, 5) is 14.8. The molecule has 1 aliphatic heterocycles. The molecule has 0 atom stereocenters. The van der Waals surface area contributed by atoms with E-state index in [-0.39, 0.29) is 11.6 Å². The number of hydrogen-bond donors (Lipinski definition) is 1. The van der Waals surface area contributed by atoms with Gasteiger partial charge in [-0.2, -0.15) is 0 Å². The molecule has 1 fully saturated rings. The van der Waals surface area contributed by atoms with E-state index in [9.17, 15) is 4.79 Å². The first kappa shape index (κ1) is 18.6.